The van der Waals surface area contributed by atoms with E-state index in [0.717, 1.165) is 5.21 Å². The van der Waals surface area contributed by atoms with E-state index in [1.54, 1.807) is 16.9 Å². The van der Waals surface area contributed by atoms with Gasteiger partial charge in [-0.05, 0) is 0 Å². The van der Waals surface area contributed by atoms with Crippen molar-refractivity contribution in [3.8, 4) is 11.8 Å². The van der Waals surface area contributed by atoms with Crippen molar-refractivity contribution in [2.45, 2.75) is 12.1 Å². The summed E-state index contributed by atoms with van der Waals surface area (Å²) in [6.07, 6.45) is 0. The summed E-state index contributed by atoms with van der Waals surface area (Å²) in [5, 5.41) is 1.05. The maximum atomic E-state index is 2.89. The van der Waals surface area contributed by atoms with Crippen molar-refractivity contribution in [3.63, 3.8) is 0 Å². The molecular weight excluding hydrogens is 123 g/mol. The fourth-order valence-corrected chi connectivity index (χ4v) is 0.530. The minimum absolute atomic E-state index is 1.05. The molecular formula is C4H7As. The van der Waals surface area contributed by atoms with Gasteiger partial charge in [0.05, 0.1) is 0 Å². The van der Waals surface area contributed by atoms with E-state index in [9.17, 15) is 0 Å². The summed E-state index contributed by atoms with van der Waals surface area (Å²) in [7, 11) is 0. The third-order valence-electron chi connectivity index (χ3n) is 0.279. The number of hydrogen-bond donors (Lipinski definition) is 0. The topological polar surface area (TPSA) is 0 Å². The van der Waals surface area contributed by atoms with Crippen LogP contribution in [0.2, 0.25) is 5.21 Å². The third-order valence-corrected chi connectivity index (χ3v) is 0.707. The molecule has 0 aliphatic carbocycles. The Bertz CT molecular complexity index is 55.8. The Morgan fingerprint density at radius 2 is 2.40 bits per heavy atom. The van der Waals surface area contributed by atoms with Gasteiger partial charge in [-0.15, -0.1) is 0 Å². The van der Waals surface area contributed by atoms with Gasteiger partial charge in [0, 0.05) is 0 Å². The van der Waals surface area contributed by atoms with E-state index in [1.807, 2.05) is 6.92 Å². The predicted octanol–water partition coefficient (Wildman–Crippen LogP) is 0.0611. The molecule has 0 spiro atoms. The van der Waals surface area contributed by atoms with Crippen LogP contribution in [0, 0.1) is 11.8 Å². The van der Waals surface area contributed by atoms with E-state index in [4.69, 9.17) is 0 Å². The Kier molecular flexibility index (Phi) is 4.22. The van der Waals surface area contributed by atoms with Gasteiger partial charge in [-0.25, -0.2) is 0 Å². The molecule has 0 radical (unpaired) electrons. The summed E-state index contributed by atoms with van der Waals surface area (Å²) in [6, 6.07) is 0. The molecule has 0 saturated heterocycles. The van der Waals surface area contributed by atoms with Crippen LogP contribution in [0.4, 0.5) is 0 Å². The Morgan fingerprint density at radius 3 is 2.40 bits per heavy atom. The van der Waals surface area contributed by atoms with Crippen molar-refractivity contribution in [2.24, 2.45) is 0 Å². The molecule has 1 unspecified atom stereocenters. The van der Waals surface area contributed by atoms with Gasteiger partial charge >= 0.3 is 40.8 Å². The van der Waals surface area contributed by atoms with Gasteiger partial charge < -0.3 is 0 Å². The van der Waals surface area contributed by atoms with Gasteiger partial charge in [0.25, 0.3) is 0 Å². The van der Waals surface area contributed by atoms with Crippen molar-refractivity contribution >= 4 is 16.9 Å². The molecule has 28 valence electrons. The number of rotatable bonds is 0. The summed E-state index contributed by atoms with van der Waals surface area (Å²) in [4.78, 5) is 0. The summed E-state index contributed by atoms with van der Waals surface area (Å²) in [6.45, 7) is 1.86. The molecule has 0 aliphatic heterocycles. The molecule has 0 aromatic rings. The quantitative estimate of drug-likeness (QED) is 0.321. The molecule has 0 fully saturated rings. The first-order valence-corrected chi connectivity index (χ1v) is 3.22. The Labute approximate surface area is 41.5 Å². The zero-order valence-corrected chi connectivity index (χ0v) is 5.71. The van der Waals surface area contributed by atoms with Crippen LogP contribution >= 0.6 is 0 Å². The Balaban J connectivity index is 2.81. The molecule has 5 heavy (non-hydrogen) atoms. The van der Waals surface area contributed by atoms with Crippen LogP contribution in [-0.4, -0.2) is 16.9 Å². The van der Waals surface area contributed by atoms with Gasteiger partial charge in [-0.3, -0.25) is 0 Å². The molecule has 0 amide bonds. The van der Waals surface area contributed by atoms with Crippen molar-refractivity contribution in [2.75, 3.05) is 0 Å². The normalized spacial score (nSPS) is 5.20. The Morgan fingerprint density at radius 1 is 1.80 bits per heavy atom. The van der Waals surface area contributed by atoms with E-state index in [1.165, 1.54) is 0 Å². The first kappa shape index (κ1) is 5.12. The van der Waals surface area contributed by atoms with Crippen LogP contribution in [0.25, 0.3) is 0 Å². The van der Waals surface area contributed by atoms with Crippen LogP contribution < -0.4 is 0 Å². The molecule has 0 rings (SSSR count). The molecule has 0 N–H and O–H groups in total. The Hall–Kier alpha value is 0.118. The van der Waals surface area contributed by atoms with Gasteiger partial charge in [0.15, 0.2) is 0 Å². The molecule has 0 aromatic heterocycles. The molecule has 1 heteroatoms. The van der Waals surface area contributed by atoms with Crippen molar-refractivity contribution in [1.29, 1.82) is 0 Å². The fourth-order valence-electron chi connectivity index (χ4n) is 0.102. The fraction of sp³-hybridized carbons (Fsp3) is 0.500. The molecule has 0 heterocycles. The zero-order valence-electron chi connectivity index (χ0n) is 3.28. The van der Waals surface area contributed by atoms with Crippen LogP contribution in [0.3, 0.4) is 0 Å². The molecule has 0 bridgehead atoms. The van der Waals surface area contributed by atoms with Crippen LogP contribution in [0.15, 0.2) is 0 Å². The second kappa shape index (κ2) is 4.12. The SMILES string of the molecule is CC#CC[AsH2]. The van der Waals surface area contributed by atoms with Crippen LogP contribution in [0.5, 0.6) is 0 Å². The predicted molar refractivity (Wildman–Crippen MR) is 26.8 cm³/mol. The standard InChI is InChI=1S/C4H7As/c1-2-3-4-5/h4-5H2,1H3. The summed E-state index contributed by atoms with van der Waals surface area (Å²) >= 11 is 1.67. The zero-order chi connectivity index (χ0) is 4.12. The monoisotopic (exact) mass is 130 g/mol. The van der Waals surface area contributed by atoms with Crippen LogP contribution in [-0.2, 0) is 0 Å². The summed E-state index contributed by atoms with van der Waals surface area (Å²) < 4.78 is 0. The average molecular weight is 130 g/mol. The van der Waals surface area contributed by atoms with E-state index >= 15 is 0 Å². The molecule has 0 nitrogen and oxygen atoms in total. The minimum atomic E-state index is 1.05. The molecule has 0 aliphatic rings. The third kappa shape index (κ3) is 4.12. The molecule has 0 saturated carbocycles. The van der Waals surface area contributed by atoms with E-state index < -0.39 is 0 Å². The molecule has 0 aromatic carbocycles. The van der Waals surface area contributed by atoms with Crippen molar-refractivity contribution in [3.05, 3.63) is 0 Å². The second-order valence-corrected chi connectivity index (χ2v) is 1.49. The average Bonchev–Trinajstić information content (AvgIpc) is 1.41. The summed E-state index contributed by atoms with van der Waals surface area (Å²) in [5.74, 6) is 5.67. The van der Waals surface area contributed by atoms with E-state index in [2.05, 4.69) is 11.8 Å². The first-order valence-electron chi connectivity index (χ1n) is 1.51. The van der Waals surface area contributed by atoms with E-state index in [-0.39, 0.29) is 0 Å². The van der Waals surface area contributed by atoms with Crippen molar-refractivity contribution < 1.29 is 0 Å². The second-order valence-electron chi connectivity index (χ2n) is 0.631. The maximum absolute atomic E-state index is 2.89. The summed E-state index contributed by atoms with van der Waals surface area (Å²) in [5.41, 5.74) is 0. The van der Waals surface area contributed by atoms with Gasteiger partial charge in [-0.1, -0.05) is 0 Å². The van der Waals surface area contributed by atoms with Gasteiger partial charge in [0.2, 0.25) is 0 Å². The van der Waals surface area contributed by atoms with Gasteiger partial charge in [-0.2, -0.15) is 0 Å². The van der Waals surface area contributed by atoms with E-state index in [0.29, 0.717) is 0 Å². The van der Waals surface area contributed by atoms with Crippen molar-refractivity contribution in [1.82, 2.24) is 0 Å². The van der Waals surface area contributed by atoms with Crippen LogP contribution in [0.1, 0.15) is 6.92 Å². The molecule has 1 atom stereocenters. The van der Waals surface area contributed by atoms with Gasteiger partial charge in [0.1, 0.15) is 0 Å². The first-order chi connectivity index (χ1) is 2.41. The number of hydrogen-bond acceptors (Lipinski definition) is 0.